The van der Waals surface area contributed by atoms with Crippen LogP contribution < -0.4 is 87.2 Å². The van der Waals surface area contributed by atoms with Crippen LogP contribution in [0, 0.1) is 17.8 Å². The van der Waals surface area contributed by atoms with Gasteiger partial charge in [0.2, 0.25) is 65.0 Å². The fourth-order valence-corrected chi connectivity index (χ4v) is 8.60. The summed E-state index contributed by atoms with van der Waals surface area (Å²) in [6.45, 7) is 12.5. The van der Waals surface area contributed by atoms with Crippen LogP contribution in [0.1, 0.15) is 132 Å². The minimum Gasteiger partial charge on any atom is -0.391 e. The van der Waals surface area contributed by atoms with E-state index in [1.807, 2.05) is 6.92 Å². The zero-order chi connectivity index (χ0) is 66.0. The maximum Gasteiger partial charge on any atom is 0.261 e. The van der Waals surface area contributed by atoms with Crippen molar-refractivity contribution in [1.29, 1.82) is 0 Å². The summed E-state index contributed by atoms with van der Waals surface area (Å²) in [6.07, 6.45) is -1.08. The largest absolute Gasteiger partial charge is 0.391 e. The standard InChI is InChI=1S/C52H98N16O13.CH4O3S/c1-9-29(6)11-10-12-40(71)59-32(13-19-53)47(76)68-42(31(8)70)52(81)64-35(16-22-56)44(73)63-37-18-24-58-51(80)41(30(7)69)67-48(77)36(17-23-57)61-43(72)33(14-20-54)62-49(78)38(25-27(2)3)66-50(79)39(26-28(4)5)65-45(74)34(15-21-55)60-46(37)75;1-5(2,3)4/h27-39,41-42,69-70H,9-26,53-57H2,1-8H3,(H,58,80)(H,59,71)(H,60,75)(H,61,72)(H,62,78)(H,63,73)(H,64,81)(H,65,74)(H,66,79)(H,67,77)(H,68,76);1H3,(H,2,3,4)/t29?,30-,31-,32+,33+,34+,35+,36+,37+,38+,39-,41+,42+;/m1./s1. The van der Waals surface area contributed by atoms with E-state index in [9.17, 15) is 71.4 Å². The lowest BCUT2D eigenvalue weighted by atomic mass is 9.99. The number of aliphatic hydroxyl groups excluding tert-OH is 2. The number of rotatable bonds is 28. The first-order valence-corrected chi connectivity index (χ1v) is 31.1. The lowest BCUT2D eigenvalue weighted by molar-refractivity contribution is -0.137. The van der Waals surface area contributed by atoms with Crippen molar-refractivity contribution in [2.75, 3.05) is 45.5 Å². The van der Waals surface area contributed by atoms with Gasteiger partial charge in [0.05, 0.1) is 18.5 Å². The quantitative estimate of drug-likeness (QED) is 0.0324. The Hall–Kier alpha value is -6.20. The summed E-state index contributed by atoms with van der Waals surface area (Å²) >= 11 is 0. The SMILES string of the molecule is CCC(C)CCCC(=O)N[C@@H](CCN)C(=O)N[C@H](C(=O)N[C@@H](CCN)C(=O)N[C@H]1CCNC(=O)[C@H]([C@@H](C)O)NC(=O)[C@H](CCN)NC(=O)[C@H](CCN)NC(=O)[C@H](CC(C)C)NC(=O)[C@@H](CC(C)C)NC(=O)[C@H](CCN)NC1=O)[C@@H](C)O.CS(=O)(=O)O. The van der Waals surface area contributed by atoms with Gasteiger partial charge in [-0.25, -0.2) is 0 Å². The number of nitrogens with two attached hydrogens (primary N) is 5. The van der Waals surface area contributed by atoms with E-state index in [1.165, 1.54) is 13.8 Å². The van der Waals surface area contributed by atoms with Gasteiger partial charge < -0.3 is 97.4 Å². The molecule has 0 radical (unpaired) electrons. The van der Waals surface area contributed by atoms with E-state index in [0.29, 0.717) is 18.6 Å². The second-order valence-corrected chi connectivity index (χ2v) is 23.8. The highest BCUT2D eigenvalue weighted by molar-refractivity contribution is 7.85. The molecule has 1 unspecified atom stereocenters. The third kappa shape index (κ3) is 32.5. The summed E-state index contributed by atoms with van der Waals surface area (Å²) in [6, 6.07) is -14.5. The number of carbonyl (C=O) groups is 11. The molecule has 1 heterocycles. The van der Waals surface area contributed by atoms with Crippen LogP contribution in [0.3, 0.4) is 0 Å². The summed E-state index contributed by atoms with van der Waals surface area (Å²) < 4.78 is 25.9. The van der Waals surface area contributed by atoms with Gasteiger partial charge in [0, 0.05) is 13.0 Å². The Balaban J connectivity index is 0.0000138. The number of aliphatic hydroxyl groups is 2. The Kier molecular flexibility index (Phi) is 38.8. The fraction of sp³-hybridized carbons (Fsp3) is 0.792. The highest BCUT2D eigenvalue weighted by atomic mass is 32.2. The second-order valence-electron chi connectivity index (χ2n) is 22.4. The average Bonchev–Trinajstić information content (AvgIpc) is 3.51. The van der Waals surface area contributed by atoms with Gasteiger partial charge in [0.1, 0.15) is 60.4 Å². The smallest absolute Gasteiger partial charge is 0.261 e. The molecular formula is C53H102N16O16S. The van der Waals surface area contributed by atoms with Crippen molar-refractivity contribution < 1.29 is 75.9 Å². The Morgan fingerprint density at radius 1 is 0.558 bits per heavy atom. The highest BCUT2D eigenvalue weighted by Gasteiger charge is 2.37. The van der Waals surface area contributed by atoms with Crippen molar-refractivity contribution in [2.24, 2.45) is 46.4 Å². The molecule has 0 saturated carbocycles. The first-order chi connectivity index (χ1) is 40.2. The maximum absolute atomic E-state index is 14.4. The second kappa shape index (κ2) is 41.8. The van der Waals surface area contributed by atoms with Gasteiger partial charge in [0.25, 0.3) is 10.1 Å². The van der Waals surface area contributed by atoms with Gasteiger partial charge in [-0.05, 0) is 122 Å². The van der Waals surface area contributed by atoms with Crippen molar-refractivity contribution in [1.82, 2.24) is 58.5 Å². The van der Waals surface area contributed by atoms with Gasteiger partial charge in [-0.1, -0.05) is 54.4 Å². The van der Waals surface area contributed by atoms with E-state index >= 15 is 0 Å². The molecule has 1 aliphatic rings. The summed E-state index contributed by atoms with van der Waals surface area (Å²) in [7, 11) is -3.67. The highest BCUT2D eigenvalue weighted by Crippen LogP contribution is 2.13. The van der Waals surface area contributed by atoms with E-state index in [0.717, 1.165) is 12.8 Å². The fourth-order valence-electron chi connectivity index (χ4n) is 8.60. The molecule has 0 aliphatic carbocycles. The third-order valence-electron chi connectivity index (χ3n) is 13.4. The molecule has 86 heavy (non-hydrogen) atoms. The minimum atomic E-state index is -3.67. The van der Waals surface area contributed by atoms with Gasteiger partial charge in [-0.3, -0.25) is 57.3 Å². The van der Waals surface area contributed by atoms with Crippen LogP contribution in [0.15, 0.2) is 0 Å². The summed E-state index contributed by atoms with van der Waals surface area (Å²) in [5.74, 6) is -9.60. The van der Waals surface area contributed by atoms with E-state index in [2.05, 4.69) is 65.4 Å². The summed E-state index contributed by atoms with van der Waals surface area (Å²) in [5, 5.41) is 49.5. The first kappa shape index (κ1) is 79.8. The number of hydrogen-bond acceptors (Lipinski definition) is 20. The summed E-state index contributed by atoms with van der Waals surface area (Å²) in [5.41, 5.74) is 29.2. The van der Waals surface area contributed by atoms with Crippen LogP contribution in [-0.4, -0.2) is 206 Å². The molecule has 11 amide bonds. The molecule has 0 aromatic heterocycles. The number of hydrogen-bond donors (Lipinski definition) is 19. The maximum atomic E-state index is 14.4. The Morgan fingerprint density at radius 2 is 0.965 bits per heavy atom. The van der Waals surface area contributed by atoms with Crippen LogP contribution in [0.25, 0.3) is 0 Å². The van der Waals surface area contributed by atoms with Gasteiger partial charge >= 0.3 is 0 Å². The predicted octanol–water partition coefficient (Wildman–Crippen LogP) is -6.33. The summed E-state index contributed by atoms with van der Waals surface area (Å²) in [4.78, 5) is 153. The first-order valence-electron chi connectivity index (χ1n) is 29.3. The molecule has 1 rings (SSSR count). The number of amides is 11. The van der Waals surface area contributed by atoms with E-state index in [4.69, 9.17) is 33.2 Å². The average molecular weight is 1250 g/mol. The van der Waals surface area contributed by atoms with Crippen molar-refractivity contribution >= 4 is 75.1 Å². The van der Waals surface area contributed by atoms with Crippen molar-refractivity contribution in [3.8, 4) is 0 Å². The van der Waals surface area contributed by atoms with Crippen molar-refractivity contribution in [3.63, 3.8) is 0 Å². The van der Waals surface area contributed by atoms with Gasteiger partial charge in [-0.15, -0.1) is 0 Å². The zero-order valence-electron chi connectivity index (χ0n) is 51.3. The normalized spacial score (nSPS) is 22.9. The molecule has 33 heteroatoms. The number of carbonyl (C=O) groups excluding carboxylic acids is 11. The molecule has 496 valence electrons. The molecule has 32 nitrogen and oxygen atoms in total. The lowest BCUT2D eigenvalue weighted by Gasteiger charge is -2.29. The van der Waals surface area contributed by atoms with E-state index in [-0.39, 0.29) is 95.9 Å². The molecule has 1 aliphatic heterocycles. The van der Waals surface area contributed by atoms with Crippen LogP contribution >= 0.6 is 0 Å². The molecule has 0 aromatic carbocycles. The predicted molar refractivity (Wildman–Crippen MR) is 318 cm³/mol. The molecule has 1 fully saturated rings. The molecule has 0 aromatic rings. The van der Waals surface area contributed by atoms with Crippen LogP contribution in [0.4, 0.5) is 0 Å². The topological polar surface area (TPSA) is 545 Å². The third-order valence-corrected chi connectivity index (χ3v) is 13.4. The van der Waals surface area contributed by atoms with Crippen LogP contribution in [-0.2, 0) is 62.9 Å². The Labute approximate surface area is 504 Å². The monoisotopic (exact) mass is 1250 g/mol. The number of nitrogens with one attached hydrogen (secondary N) is 11. The van der Waals surface area contributed by atoms with Gasteiger partial charge in [0.15, 0.2) is 0 Å². The zero-order valence-corrected chi connectivity index (χ0v) is 52.1. The molecule has 0 bridgehead atoms. The minimum absolute atomic E-state index is 0.0146. The Morgan fingerprint density at radius 3 is 1.36 bits per heavy atom. The molecule has 24 N–H and O–H groups in total. The molecule has 0 spiro atoms. The van der Waals surface area contributed by atoms with Gasteiger partial charge in [-0.2, -0.15) is 8.42 Å². The van der Waals surface area contributed by atoms with Crippen molar-refractivity contribution in [2.45, 2.75) is 205 Å². The molecule has 1 saturated heterocycles. The van der Waals surface area contributed by atoms with Crippen molar-refractivity contribution in [3.05, 3.63) is 0 Å². The van der Waals surface area contributed by atoms with Crippen LogP contribution in [0.5, 0.6) is 0 Å². The lowest BCUT2D eigenvalue weighted by Crippen LogP contribution is -2.62. The van der Waals surface area contributed by atoms with Crippen LogP contribution in [0.2, 0.25) is 0 Å². The molecular weight excluding hydrogens is 1150 g/mol. The van der Waals surface area contributed by atoms with E-state index < -0.39 is 161 Å². The van der Waals surface area contributed by atoms with E-state index in [1.54, 1.807) is 27.7 Å². The Bertz CT molecular complexity index is 2290. The molecule has 13 atom stereocenters.